The summed E-state index contributed by atoms with van der Waals surface area (Å²) < 4.78 is 22.6. The van der Waals surface area contributed by atoms with Crippen LogP contribution in [0.1, 0.15) is 219 Å². The summed E-state index contributed by atoms with van der Waals surface area (Å²) in [6, 6.07) is 0. The minimum atomic E-state index is -1.62. The molecule has 0 aliphatic carbocycles. The van der Waals surface area contributed by atoms with Crippen LogP contribution in [0.4, 0.5) is 0 Å². The minimum absolute atomic E-state index is 0.145. The summed E-state index contributed by atoms with van der Waals surface area (Å²) >= 11 is 0. The largest absolute Gasteiger partial charge is 0.545 e. The lowest BCUT2D eigenvalue weighted by molar-refractivity contribution is -0.870. The van der Waals surface area contributed by atoms with Gasteiger partial charge in [-0.05, 0) is 44.9 Å². The molecule has 0 N–H and O–H groups in total. The van der Waals surface area contributed by atoms with E-state index in [1.165, 1.54) is 116 Å². The number of hydrogen-bond acceptors (Lipinski definition) is 8. The Morgan fingerprint density at radius 1 is 0.508 bits per heavy atom. The van der Waals surface area contributed by atoms with Gasteiger partial charge in [0.15, 0.2) is 12.4 Å². The van der Waals surface area contributed by atoms with Crippen molar-refractivity contribution in [3.63, 3.8) is 0 Å². The quantitative estimate of drug-likeness (QED) is 0.0196. The second-order valence-electron chi connectivity index (χ2n) is 18.1. The first-order valence-electron chi connectivity index (χ1n) is 25.1. The summed E-state index contributed by atoms with van der Waals surface area (Å²) in [6.45, 7) is 4.63. The average molecular weight is 862 g/mol. The Labute approximate surface area is 375 Å². The molecule has 356 valence electrons. The molecule has 0 amide bonds. The molecule has 0 rings (SSSR count). The smallest absolute Gasteiger partial charge is 0.306 e. The van der Waals surface area contributed by atoms with Crippen molar-refractivity contribution in [2.75, 3.05) is 47.5 Å². The molecule has 2 atom stereocenters. The number of ether oxygens (including phenoxy) is 4. The van der Waals surface area contributed by atoms with Crippen molar-refractivity contribution >= 4 is 17.9 Å². The zero-order chi connectivity index (χ0) is 44.9. The van der Waals surface area contributed by atoms with Crippen molar-refractivity contribution in [3.05, 3.63) is 36.5 Å². The molecule has 0 aromatic carbocycles. The molecular formula is C52H95NO8. The van der Waals surface area contributed by atoms with E-state index in [0.717, 1.165) is 70.6 Å². The van der Waals surface area contributed by atoms with E-state index in [2.05, 4.69) is 50.3 Å². The molecule has 0 aliphatic heterocycles. The number of carbonyl (C=O) groups excluding carboxylic acids is 3. The maximum absolute atomic E-state index is 12.8. The molecule has 0 fully saturated rings. The van der Waals surface area contributed by atoms with Gasteiger partial charge < -0.3 is 33.3 Å². The summed E-state index contributed by atoms with van der Waals surface area (Å²) in [7, 11) is 5.91. The first-order valence-corrected chi connectivity index (χ1v) is 25.1. The number of nitrogens with zero attached hydrogens (tertiary/aromatic N) is 1. The average Bonchev–Trinajstić information content (AvgIpc) is 3.22. The molecule has 0 heterocycles. The number of esters is 2. The zero-order valence-electron chi connectivity index (χ0n) is 40.3. The maximum atomic E-state index is 12.8. The van der Waals surface area contributed by atoms with Gasteiger partial charge in [-0.2, -0.15) is 0 Å². The third-order valence-corrected chi connectivity index (χ3v) is 10.9. The highest BCUT2D eigenvalue weighted by Gasteiger charge is 2.22. The van der Waals surface area contributed by atoms with Gasteiger partial charge >= 0.3 is 11.9 Å². The van der Waals surface area contributed by atoms with Crippen LogP contribution >= 0.6 is 0 Å². The van der Waals surface area contributed by atoms with Crippen molar-refractivity contribution in [2.45, 2.75) is 232 Å². The molecule has 61 heavy (non-hydrogen) atoms. The van der Waals surface area contributed by atoms with Gasteiger partial charge in [-0.15, -0.1) is 0 Å². The number of likely N-dealkylation sites (N-methyl/N-ethyl adjacent to an activating group) is 1. The summed E-state index contributed by atoms with van der Waals surface area (Å²) in [5, 5.41) is 11.7. The second-order valence-corrected chi connectivity index (χ2v) is 18.1. The van der Waals surface area contributed by atoms with Gasteiger partial charge in [0.25, 0.3) is 0 Å². The summed E-state index contributed by atoms with van der Waals surface area (Å²) in [6.07, 6.45) is 47.5. The molecule has 0 aromatic rings. The van der Waals surface area contributed by atoms with E-state index in [1.54, 1.807) is 0 Å². The number of allylic oxidation sites excluding steroid dienone is 6. The lowest BCUT2D eigenvalue weighted by atomic mass is 10.0. The van der Waals surface area contributed by atoms with Gasteiger partial charge in [-0.1, -0.05) is 198 Å². The fraction of sp³-hybridized carbons (Fsp3) is 0.827. The molecule has 0 radical (unpaired) electrons. The molecule has 9 heteroatoms. The first kappa shape index (κ1) is 58.5. The van der Waals surface area contributed by atoms with Gasteiger partial charge in [0.05, 0.1) is 40.3 Å². The topological polar surface area (TPSA) is 111 Å². The number of quaternary nitrogens is 1. The standard InChI is InChI=1S/C52H95NO8/c1-6-8-10-12-14-16-18-20-22-23-24-25-26-27-29-30-32-34-36-38-40-42-49(54)59-46-48(47-60-52(51(56)57)58-45-44-53(3,4)5)61-50(55)43-41-39-37-35-33-31-28-21-19-17-15-13-11-9-7-2/h9,11,15,17,21,28,48,52H,6-8,10,12-14,16,18-20,22-27,29-47H2,1-5H3/b11-9-,17-15-,28-21-. The Morgan fingerprint density at radius 2 is 0.934 bits per heavy atom. The molecule has 0 aromatic heterocycles. The highest BCUT2D eigenvalue weighted by atomic mass is 16.7. The monoisotopic (exact) mass is 862 g/mol. The zero-order valence-corrected chi connectivity index (χ0v) is 40.3. The lowest BCUT2D eigenvalue weighted by Crippen LogP contribution is -2.44. The summed E-state index contributed by atoms with van der Waals surface area (Å²) in [4.78, 5) is 37.1. The summed E-state index contributed by atoms with van der Waals surface area (Å²) in [5.74, 6) is -2.30. The van der Waals surface area contributed by atoms with Crippen molar-refractivity contribution in [1.82, 2.24) is 0 Å². The fourth-order valence-corrected chi connectivity index (χ4v) is 7.02. The van der Waals surface area contributed by atoms with Crippen LogP contribution in [0.15, 0.2) is 36.5 Å². The Bertz CT molecular complexity index is 1100. The molecule has 0 spiro atoms. The van der Waals surface area contributed by atoms with Crippen molar-refractivity contribution in [2.24, 2.45) is 0 Å². The molecule has 0 saturated heterocycles. The highest BCUT2D eigenvalue weighted by Crippen LogP contribution is 2.16. The predicted octanol–water partition coefficient (Wildman–Crippen LogP) is 12.4. The third kappa shape index (κ3) is 45.4. The maximum Gasteiger partial charge on any atom is 0.306 e. The number of carboxylic acids is 1. The third-order valence-electron chi connectivity index (χ3n) is 10.9. The number of aliphatic carboxylic acids is 1. The van der Waals surface area contributed by atoms with E-state index in [1.807, 2.05) is 21.1 Å². The van der Waals surface area contributed by atoms with Crippen LogP contribution in [0.3, 0.4) is 0 Å². The molecule has 0 aliphatic rings. The molecule has 9 nitrogen and oxygen atoms in total. The van der Waals surface area contributed by atoms with E-state index in [-0.39, 0.29) is 32.2 Å². The number of rotatable bonds is 46. The van der Waals surface area contributed by atoms with Gasteiger partial charge in [-0.3, -0.25) is 9.59 Å². The fourth-order valence-electron chi connectivity index (χ4n) is 7.02. The van der Waals surface area contributed by atoms with Gasteiger partial charge in [0.2, 0.25) is 0 Å². The first-order chi connectivity index (χ1) is 29.6. The number of hydrogen-bond donors (Lipinski definition) is 0. The van der Waals surface area contributed by atoms with E-state index in [9.17, 15) is 19.5 Å². The van der Waals surface area contributed by atoms with E-state index < -0.39 is 24.3 Å². The highest BCUT2D eigenvalue weighted by molar-refractivity contribution is 5.70. The van der Waals surface area contributed by atoms with Crippen LogP contribution in [-0.2, 0) is 33.3 Å². The van der Waals surface area contributed by atoms with Crippen molar-refractivity contribution in [1.29, 1.82) is 0 Å². The summed E-state index contributed by atoms with van der Waals surface area (Å²) in [5.41, 5.74) is 0. The van der Waals surface area contributed by atoms with Gasteiger partial charge in [0.1, 0.15) is 13.2 Å². The molecule has 0 bridgehead atoms. The molecule has 0 saturated carbocycles. The van der Waals surface area contributed by atoms with Gasteiger partial charge in [-0.25, -0.2) is 0 Å². The predicted molar refractivity (Wildman–Crippen MR) is 251 cm³/mol. The Kier molecular flexibility index (Phi) is 42.3. The van der Waals surface area contributed by atoms with Crippen LogP contribution in [0.2, 0.25) is 0 Å². The Balaban J connectivity index is 4.31. The number of carbonyl (C=O) groups is 3. The van der Waals surface area contributed by atoms with E-state index >= 15 is 0 Å². The van der Waals surface area contributed by atoms with Crippen LogP contribution in [0.5, 0.6) is 0 Å². The van der Waals surface area contributed by atoms with Crippen molar-refractivity contribution in [3.8, 4) is 0 Å². The second kappa shape index (κ2) is 44.1. The minimum Gasteiger partial charge on any atom is -0.545 e. The van der Waals surface area contributed by atoms with Crippen LogP contribution in [0.25, 0.3) is 0 Å². The SMILES string of the molecule is CC/C=C\C/C=C\C/C=C\CCCCCCCC(=O)OC(COC(=O)CCCCCCCCCCCCCCCCCCCCCCC)COC(OCC[N+](C)(C)C)C(=O)[O-]. The molecule has 2 unspecified atom stereocenters. The lowest BCUT2D eigenvalue weighted by Gasteiger charge is -2.26. The Morgan fingerprint density at radius 3 is 1.39 bits per heavy atom. The number of unbranched alkanes of at least 4 members (excludes halogenated alkanes) is 25. The van der Waals surface area contributed by atoms with Crippen LogP contribution in [0, 0.1) is 0 Å². The molecular weight excluding hydrogens is 767 g/mol. The number of carboxylic acid groups (broad SMARTS) is 1. The van der Waals surface area contributed by atoms with E-state index in [4.69, 9.17) is 18.9 Å². The van der Waals surface area contributed by atoms with Crippen LogP contribution in [-0.4, -0.2) is 82.3 Å². The normalized spacial score (nSPS) is 13.1. The Hall–Kier alpha value is -2.49. The van der Waals surface area contributed by atoms with Gasteiger partial charge in [0, 0.05) is 12.8 Å². The van der Waals surface area contributed by atoms with Crippen LogP contribution < -0.4 is 5.11 Å². The van der Waals surface area contributed by atoms with Crippen molar-refractivity contribution < 1.29 is 42.9 Å². The van der Waals surface area contributed by atoms with E-state index in [0.29, 0.717) is 23.9 Å².